The first-order valence-electron chi connectivity index (χ1n) is 6.67. The fourth-order valence-corrected chi connectivity index (χ4v) is 2.62. The van der Waals surface area contributed by atoms with Crippen molar-refractivity contribution in [1.82, 2.24) is 4.90 Å². The van der Waals surface area contributed by atoms with E-state index in [2.05, 4.69) is 37.8 Å². The minimum atomic E-state index is -0.177. The van der Waals surface area contributed by atoms with Crippen LogP contribution in [0.25, 0.3) is 6.08 Å². The van der Waals surface area contributed by atoms with Gasteiger partial charge in [-0.3, -0.25) is 4.90 Å². The number of rotatable bonds is 2. The lowest BCUT2D eigenvalue weighted by Gasteiger charge is -2.35. The van der Waals surface area contributed by atoms with Crippen LogP contribution >= 0.6 is 0 Å². The maximum absolute atomic E-state index is 12.8. The molecular weight excluding hydrogens is 225 g/mol. The van der Waals surface area contributed by atoms with Crippen molar-refractivity contribution in [3.05, 3.63) is 41.7 Å². The summed E-state index contributed by atoms with van der Waals surface area (Å²) >= 11 is 0. The van der Waals surface area contributed by atoms with Crippen LogP contribution in [0, 0.1) is 5.82 Å². The van der Waals surface area contributed by atoms with E-state index in [4.69, 9.17) is 0 Å². The summed E-state index contributed by atoms with van der Waals surface area (Å²) in [4.78, 5) is 2.53. The molecule has 0 aromatic heterocycles. The van der Waals surface area contributed by atoms with Gasteiger partial charge in [-0.15, -0.1) is 0 Å². The van der Waals surface area contributed by atoms with Crippen molar-refractivity contribution < 1.29 is 4.39 Å². The molecule has 0 amide bonds. The SMILES string of the molecule is CC(C)(C)N1CCC[C@@H]1/C=C/c1ccc(F)cc1. The molecule has 1 aliphatic rings. The third-order valence-corrected chi connectivity index (χ3v) is 3.54. The Hall–Kier alpha value is -1.15. The van der Waals surface area contributed by atoms with Crippen molar-refractivity contribution in [1.29, 1.82) is 0 Å². The van der Waals surface area contributed by atoms with E-state index in [1.54, 1.807) is 0 Å². The van der Waals surface area contributed by atoms with Crippen molar-refractivity contribution >= 4 is 6.08 Å². The summed E-state index contributed by atoms with van der Waals surface area (Å²) in [6.07, 6.45) is 6.84. The summed E-state index contributed by atoms with van der Waals surface area (Å²) in [7, 11) is 0. The van der Waals surface area contributed by atoms with Crippen molar-refractivity contribution in [3.63, 3.8) is 0 Å². The highest BCUT2D eigenvalue weighted by atomic mass is 19.1. The Labute approximate surface area is 109 Å². The maximum Gasteiger partial charge on any atom is 0.123 e. The van der Waals surface area contributed by atoms with E-state index in [0.717, 1.165) is 5.56 Å². The Balaban J connectivity index is 2.06. The number of nitrogens with zero attached hydrogens (tertiary/aromatic N) is 1. The lowest BCUT2D eigenvalue weighted by molar-refractivity contribution is 0.144. The van der Waals surface area contributed by atoms with Gasteiger partial charge < -0.3 is 0 Å². The van der Waals surface area contributed by atoms with Crippen LogP contribution in [0.5, 0.6) is 0 Å². The molecule has 0 saturated carbocycles. The van der Waals surface area contributed by atoms with Crippen molar-refractivity contribution in [2.75, 3.05) is 6.54 Å². The van der Waals surface area contributed by atoms with E-state index in [-0.39, 0.29) is 11.4 Å². The number of benzene rings is 1. The molecule has 98 valence electrons. The number of hydrogen-bond donors (Lipinski definition) is 0. The highest BCUT2D eigenvalue weighted by Gasteiger charge is 2.30. The molecule has 0 radical (unpaired) electrons. The number of likely N-dealkylation sites (tertiary alicyclic amines) is 1. The molecule has 2 rings (SSSR count). The van der Waals surface area contributed by atoms with E-state index in [0.29, 0.717) is 6.04 Å². The Bertz CT molecular complexity index is 414. The van der Waals surface area contributed by atoms with Gasteiger partial charge in [0, 0.05) is 11.6 Å². The van der Waals surface area contributed by atoms with Gasteiger partial charge in [0.05, 0.1) is 0 Å². The fraction of sp³-hybridized carbons (Fsp3) is 0.500. The third-order valence-electron chi connectivity index (χ3n) is 3.54. The summed E-state index contributed by atoms with van der Waals surface area (Å²) in [5.74, 6) is -0.177. The van der Waals surface area contributed by atoms with Gasteiger partial charge in [-0.25, -0.2) is 4.39 Å². The van der Waals surface area contributed by atoms with Crippen molar-refractivity contribution in [2.45, 2.75) is 45.2 Å². The lowest BCUT2D eigenvalue weighted by Crippen LogP contribution is -2.43. The van der Waals surface area contributed by atoms with E-state index in [9.17, 15) is 4.39 Å². The molecule has 1 aliphatic heterocycles. The molecule has 1 atom stereocenters. The van der Waals surface area contributed by atoms with Crippen LogP contribution in [0.2, 0.25) is 0 Å². The fourth-order valence-electron chi connectivity index (χ4n) is 2.62. The molecule has 1 aromatic carbocycles. The molecule has 2 heteroatoms. The van der Waals surface area contributed by atoms with E-state index < -0.39 is 0 Å². The van der Waals surface area contributed by atoms with E-state index in [1.165, 1.54) is 31.5 Å². The largest absolute Gasteiger partial charge is 0.292 e. The smallest absolute Gasteiger partial charge is 0.123 e. The number of hydrogen-bond acceptors (Lipinski definition) is 1. The van der Waals surface area contributed by atoms with Gasteiger partial charge in [-0.05, 0) is 57.9 Å². The highest BCUT2D eigenvalue weighted by Crippen LogP contribution is 2.27. The van der Waals surface area contributed by atoms with Crippen LogP contribution in [-0.4, -0.2) is 23.0 Å². The highest BCUT2D eigenvalue weighted by molar-refractivity contribution is 5.49. The summed E-state index contributed by atoms with van der Waals surface area (Å²) < 4.78 is 12.8. The first-order chi connectivity index (χ1) is 8.47. The molecule has 0 bridgehead atoms. The topological polar surface area (TPSA) is 3.24 Å². The second kappa shape index (κ2) is 5.23. The van der Waals surface area contributed by atoms with Crippen LogP contribution < -0.4 is 0 Å². The minimum Gasteiger partial charge on any atom is -0.292 e. The van der Waals surface area contributed by atoms with Gasteiger partial charge in [-0.2, -0.15) is 0 Å². The van der Waals surface area contributed by atoms with Gasteiger partial charge in [-0.1, -0.05) is 24.3 Å². The zero-order chi connectivity index (χ0) is 13.2. The zero-order valence-corrected chi connectivity index (χ0v) is 11.5. The summed E-state index contributed by atoms with van der Waals surface area (Å²) in [6.45, 7) is 7.95. The molecule has 0 unspecified atom stereocenters. The number of halogens is 1. The molecule has 18 heavy (non-hydrogen) atoms. The van der Waals surface area contributed by atoms with Crippen LogP contribution in [0.4, 0.5) is 4.39 Å². The van der Waals surface area contributed by atoms with Crippen LogP contribution in [0.15, 0.2) is 30.3 Å². The predicted molar refractivity (Wildman–Crippen MR) is 74.9 cm³/mol. The van der Waals surface area contributed by atoms with Crippen LogP contribution in [-0.2, 0) is 0 Å². The van der Waals surface area contributed by atoms with E-state index >= 15 is 0 Å². The van der Waals surface area contributed by atoms with Crippen LogP contribution in [0.3, 0.4) is 0 Å². The molecule has 1 heterocycles. The minimum absolute atomic E-state index is 0.177. The van der Waals surface area contributed by atoms with Crippen LogP contribution in [0.1, 0.15) is 39.2 Å². The third kappa shape index (κ3) is 3.20. The molecule has 1 nitrogen and oxygen atoms in total. The van der Waals surface area contributed by atoms with Gasteiger partial charge in [0.1, 0.15) is 5.82 Å². The molecule has 1 fully saturated rings. The zero-order valence-electron chi connectivity index (χ0n) is 11.5. The molecule has 1 saturated heterocycles. The standard InChI is InChI=1S/C16H22FN/c1-16(2,3)18-12-4-5-15(18)11-8-13-6-9-14(17)10-7-13/h6-11,15H,4-5,12H2,1-3H3/b11-8+/t15-/m1/s1. The summed E-state index contributed by atoms with van der Waals surface area (Å²) in [6, 6.07) is 7.17. The Morgan fingerprint density at radius 2 is 1.89 bits per heavy atom. The monoisotopic (exact) mass is 247 g/mol. The summed E-state index contributed by atoms with van der Waals surface area (Å²) in [5, 5.41) is 0. The Morgan fingerprint density at radius 1 is 1.22 bits per heavy atom. The van der Waals surface area contributed by atoms with E-state index in [1.807, 2.05) is 12.1 Å². The van der Waals surface area contributed by atoms with Gasteiger partial charge in [0.15, 0.2) is 0 Å². The normalized spacial score (nSPS) is 21.9. The second-order valence-corrected chi connectivity index (χ2v) is 5.98. The average molecular weight is 247 g/mol. The first-order valence-corrected chi connectivity index (χ1v) is 6.67. The maximum atomic E-state index is 12.8. The molecule has 0 N–H and O–H groups in total. The van der Waals surface area contributed by atoms with Gasteiger partial charge >= 0.3 is 0 Å². The predicted octanol–water partition coefficient (Wildman–Crippen LogP) is 4.10. The Kier molecular flexibility index (Phi) is 3.86. The quantitative estimate of drug-likeness (QED) is 0.760. The second-order valence-electron chi connectivity index (χ2n) is 5.98. The van der Waals surface area contributed by atoms with Gasteiger partial charge in [0.2, 0.25) is 0 Å². The first kappa shape index (κ1) is 13.3. The Morgan fingerprint density at radius 3 is 2.50 bits per heavy atom. The van der Waals surface area contributed by atoms with Gasteiger partial charge in [0.25, 0.3) is 0 Å². The molecule has 0 aliphatic carbocycles. The average Bonchev–Trinajstić information content (AvgIpc) is 2.76. The van der Waals surface area contributed by atoms with Crippen molar-refractivity contribution in [3.8, 4) is 0 Å². The lowest BCUT2D eigenvalue weighted by atomic mass is 10.0. The molecule has 0 spiro atoms. The molecular formula is C16H22FN. The van der Waals surface area contributed by atoms with Crippen molar-refractivity contribution in [2.24, 2.45) is 0 Å². The molecule has 1 aromatic rings. The summed E-state index contributed by atoms with van der Waals surface area (Å²) in [5.41, 5.74) is 1.28.